The minimum absolute atomic E-state index is 0.239. The molecule has 8 nitrogen and oxygen atoms in total. The molecule has 0 saturated carbocycles. The molecular formula is C22H26N2O6. The largest absolute Gasteiger partial charge is 0.491 e. The van der Waals surface area contributed by atoms with Crippen molar-refractivity contribution in [3.05, 3.63) is 41.5 Å². The molecule has 0 atom stereocenters. The van der Waals surface area contributed by atoms with Crippen LogP contribution in [0.2, 0.25) is 0 Å². The molecule has 0 unspecified atom stereocenters. The highest BCUT2D eigenvalue weighted by atomic mass is 16.5. The highest BCUT2D eigenvalue weighted by Crippen LogP contribution is 2.39. The van der Waals surface area contributed by atoms with E-state index in [9.17, 15) is 9.59 Å². The van der Waals surface area contributed by atoms with E-state index in [0.29, 0.717) is 72.8 Å². The van der Waals surface area contributed by atoms with E-state index < -0.39 is 0 Å². The molecule has 0 bridgehead atoms. The van der Waals surface area contributed by atoms with Crippen molar-refractivity contribution in [2.24, 2.45) is 0 Å². The Balaban J connectivity index is 1.90. The van der Waals surface area contributed by atoms with E-state index in [0.717, 1.165) is 0 Å². The van der Waals surface area contributed by atoms with Crippen LogP contribution in [0.5, 0.6) is 23.0 Å². The SMILES string of the molecule is CCOc1cc(C(=O)Nc2ccc3c(c2)C(=O)NCCO3)cc(OCC)c1OCC. The zero-order chi connectivity index (χ0) is 21.5. The number of carbonyl (C=O) groups excluding carboxylic acids is 2. The van der Waals surface area contributed by atoms with E-state index in [4.69, 9.17) is 18.9 Å². The smallest absolute Gasteiger partial charge is 0.255 e. The van der Waals surface area contributed by atoms with Crippen molar-refractivity contribution in [1.82, 2.24) is 5.32 Å². The summed E-state index contributed by atoms with van der Waals surface area (Å²) >= 11 is 0. The van der Waals surface area contributed by atoms with Gasteiger partial charge in [0.25, 0.3) is 11.8 Å². The van der Waals surface area contributed by atoms with E-state index in [1.54, 1.807) is 30.3 Å². The quantitative estimate of drug-likeness (QED) is 0.689. The van der Waals surface area contributed by atoms with Crippen LogP contribution in [0.25, 0.3) is 0 Å². The average Bonchev–Trinajstić information content (AvgIpc) is 2.92. The Labute approximate surface area is 175 Å². The number of amides is 2. The van der Waals surface area contributed by atoms with E-state index in [1.165, 1.54) is 0 Å². The van der Waals surface area contributed by atoms with Gasteiger partial charge in [0.05, 0.1) is 31.9 Å². The number of anilines is 1. The van der Waals surface area contributed by atoms with Crippen LogP contribution in [0.15, 0.2) is 30.3 Å². The molecule has 2 aromatic carbocycles. The van der Waals surface area contributed by atoms with Gasteiger partial charge in [-0.25, -0.2) is 0 Å². The van der Waals surface area contributed by atoms with Crippen LogP contribution in [0, 0.1) is 0 Å². The molecule has 0 radical (unpaired) electrons. The second-order valence-electron chi connectivity index (χ2n) is 6.37. The lowest BCUT2D eigenvalue weighted by atomic mass is 10.1. The maximum atomic E-state index is 12.9. The summed E-state index contributed by atoms with van der Waals surface area (Å²) in [5.41, 5.74) is 1.20. The predicted molar refractivity (Wildman–Crippen MR) is 112 cm³/mol. The summed E-state index contributed by atoms with van der Waals surface area (Å²) in [5.74, 6) is 1.22. The third-order valence-electron chi connectivity index (χ3n) is 4.30. The van der Waals surface area contributed by atoms with Gasteiger partial charge < -0.3 is 29.6 Å². The first-order valence-corrected chi connectivity index (χ1v) is 10.00. The number of fused-ring (bicyclic) bond motifs is 1. The lowest BCUT2D eigenvalue weighted by molar-refractivity contribution is 0.0955. The Bertz CT molecular complexity index is 901. The summed E-state index contributed by atoms with van der Waals surface area (Å²) in [6, 6.07) is 8.19. The molecule has 0 saturated heterocycles. The number of ether oxygens (including phenoxy) is 4. The van der Waals surface area contributed by atoms with Crippen molar-refractivity contribution < 1.29 is 28.5 Å². The Hall–Kier alpha value is -3.42. The van der Waals surface area contributed by atoms with Crippen LogP contribution in [0.3, 0.4) is 0 Å². The van der Waals surface area contributed by atoms with Gasteiger partial charge >= 0.3 is 0 Å². The van der Waals surface area contributed by atoms with E-state index in [2.05, 4.69) is 10.6 Å². The molecule has 2 amide bonds. The molecule has 8 heteroatoms. The summed E-state index contributed by atoms with van der Waals surface area (Å²) in [6.07, 6.45) is 0. The molecule has 0 aromatic heterocycles. The molecule has 3 rings (SSSR count). The zero-order valence-electron chi connectivity index (χ0n) is 17.4. The van der Waals surface area contributed by atoms with Crippen molar-refractivity contribution in [2.45, 2.75) is 20.8 Å². The molecule has 0 aliphatic carbocycles. The molecule has 2 N–H and O–H groups in total. The maximum absolute atomic E-state index is 12.9. The Morgan fingerprint density at radius 2 is 1.70 bits per heavy atom. The number of hydrogen-bond donors (Lipinski definition) is 2. The van der Waals surface area contributed by atoms with Gasteiger partial charge in [-0.2, -0.15) is 0 Å². The van der Waals surface area contributed by atoms with Gasteiger partial charge in [-0.1, -0.05) is 0 Å². The lowest BCUT2D eigenvalue weighted by Crippen LogP contribution is -2.24. The van der Waals surface area contributed by atoms with Gasteiger partial charge in [-0.15, -0.1) is 0 Å². The van der Waals surface area contributed by atoms with Crippen molar-refractivity contribution in [2.75, 3.05) is 38.3 Å². The topological polar surface area (TPSA) is 95.1 Å². The minimum Gasteiger partial charge on any atom is -0.491 e. The molecule has 2 aromatic rings. The number of hydrogen-bond acceptors (Lipinski definition) is 6. The van der Waals surface area contributed by atoms with Gasteiger partial charge in [0.2, 0.25) is 5.75 Å². The van der Waals surface area contributed by atoms with Crippen molar-refractivity contribution in [1.29, 1.82) is 0 Å². The molecule has 1 heterocycles. The Morgan fingerprint density at radius 3 is 2.33 bits per heavy atom. The van der Waals surface area contributed by atoms with Crippen molar-refractivity contribution in [3.63, 3.8) is 0 Å². The fourth-order valence-electron chi connectivity index (χ4n) is 3.05. The Morgan fingerprint density at radius 1 is 1.03 bits per heavy atom. The van der Waals surface area contributed by atoms with Crippen LogP contribution in [-0.2, 0) is 0 Å². The van der Waals surface area contributed by atoms with E-state index >= 15 is 0 Å². The second-order valence-corrected chi connectivity index (χ2v) is 6.37. The summed E-state index contributed by atoms with van der Waals surface area (Å²) in [6.45, 7) is 7.67. The van der Waals surface area contributed by atoms with Gasteiger partial charge in [0.1, 0.15) is 12.4 Å². The fraction of sp³-hybridized carbons (Fsp3) is 0.364. The van der Waals surface area contributed by atoms with E-state index in [1.807, 2.05) is 20.8 Å². The standard InChI is InChI=1S/C22H26N2O6/c1-4-27-18-11-14(12-19(28-5-2)20(18)29-6-3)21(25)24-15-7-8-17-16(13-15)22(26)23-9-10-30-17/h7-8,11-13H,4-6,9-10H2,1-3H3,(H,23,26)(H,24,25). The molecule has 0 fully saturated rings. The van der Waals surface area contributed by atoms with Crippen LogP contribution in [0.1, 0.15) is 41.5 Å². The van der Waals surface area contributed by atoms with Crippen LogP contribution < -0.4 is 29.6 Å². The minimum atomic E-state index is -0.366. The molecule has 1 aliphatic heterocycles. The first kappa shape index (κ1) is 21.3. The highest BCUT2D eigenvalue weighted by molar-refractivity contribution is 6.06. The summed E-state index contributed by atoms with van der Waals surface area (Å²) < 4.78 is 22.5. The summed E-state index contributed by atoms with van der Waals surface area (Å²) in [5, 5.41) is 5.56. The maximum Gasteiger partial charge on any atom is 0.255 e. The Kier molecular flexibility index (Phi) is 7.00. The van der Waals surface area contributed by atoms with Gasteiger partial charge in [0.15, 0.2) is 11.5 Å². The molecule has 1 aliphatic rings. The normalized spacial score (nSPS) is 12.7. The number of benzene rings is 2. The summed E-state index contributed by atoms with van der Waals surface area (Å²) in [4.78, 5) is 25.1. The van der Waals surface area contributed by atoms with Gasteiger partial charge in [-0.3, -0.25) is 9.59 Å². The monoisotopic (exact) mass is 414 g/mol. The first-order valence-electron chi connectivity index (χ1n) is 10.00. The van der Waals surface area contributed by atoms with Crippen LogP contribution >= 0.6 is 0 Å². The number of nitrogens with one attached hydrogen (secondary N) is 2. The zero-order valence-corrected chi connectivity index (χ0v) is 17.4. The van der Waals surface area contributed by atoms with Gasteiger partial charge in [0, 0.05) is 11.3 Å². The average molecular weight is 414 g/mol. The molecule has 160 valence electrons. The second kappa shape index (κ2) is 9.87. The van der Waals surface area contributed by atoms with Gasteiger partial charge in [-0.05, 0) is 51.1 Å². The molecular weight excluding hydrogens is 388 g/mol. The first-order chi connectivity index (χ1) is 14.6. The number of rotatable bonds is 8. The molecule has 30 heavy (non-hydrogen) atoms. The number of carbonyl (C=O) groups is 2. The fourth-order valence-corrected chi connectivity index (χ4v) is 3.05. The third-order valence-corrected chi connectivity index (χ3v) is 4.30. The van der Waals surface area contributed by atoms with Crippen LogP contribution in [0.4, 0.5) is 5.69 Å². The summed E-state index contributed by atoms with van der Waals surface area (Å²) in [7, 11) is 0. The third kappa shape index (κ3) is 4.76. The van der Waals surface area contributed by atoms with Crippen LogP contribution in [-0.4, -0.2) is 44.8 Å². The lowest BCUT2D eigenvalue weighted by Gasteiger charge is -2.17. The van der Waals surface area contributed by atoms with Crippen molar-refractivity contribution in [3.8, 4) is 23.0 Å². The predicted octanol–water partition coefficient (Wildman–Crippen LogP) is 3.26. The highest BCUT2D eigenvalue weighted by Gasteiger charge is 2.20. The molecule has 0 spiro atoms. The van der Waals surface area contributed by atoms with E-state index in [-0.39, 0.29) is 11.8 Å². The van der Waals surface area contributed by atoms with Crippen molar-refractivity contribution >= 4 is 17.5 Å².